The lowest BCUT2D eigenvalue weighted by Crippen LogP contribution is -2.56. The number of ether oxygens (including phenoxy) is 1. The first kappa shape index (κ1) is 19.2. The third-order valence-corrected chi connectivity index (χ3v) is 6.55. The minimum absolute atomic E-state index is 0.531. The first-order chi connectivity index (χ1) is 13.6. The lowest BCUT2D eigenvalue weighted by molar-refractivity contribution is -0.160. The third-order valence-electron chi connectivity index (χ3n) is 6.55. The van der Waals surface area contributed by atoms with Crippen molar-refractivity contribution in [1.82, 2.24) is 9.80 Å². The molecule has 2 saturated heterocycles. The van der Waals surface area contributed by atoms with E-state index < -0.39 is 11.6 Å². The van der Waals surface area contributed by atoms with Crippen molar-refractivity contribution in [1.29, 1.82) is 0 Å². The summed E-state index contributed by atoms with van der Waals surface area (Å²) in [5, 5.41) is 12.2. The van der Waals surface area contributed by atoms with E-state index in [9.17, 15) is 9.90 Å². The number of carboxylic acids is 1. The molecule has 5 heteroatoms. The summed E-state index contributed by atoms with van der Waals surface area (Å²) in [4.78, 5) is 17.1. The monoisotopic (exact) mass is 382 g/mol. The summed E-state index contributed by atoms with van der Waals surface area (Å²) in [6.07, 6.45) is 3.42. The van der Waals surface area contributed by atoms with Crippen molar-refractivity contribution < 1.29 is 14.6 Å². The number of rotatable bonds is 5. The fraction of sp³-hybridized carbons (Fsp3) is 0.522. The minimum atomic E-state index is -1.12. The Bertz CT molecular complexity index is 821. The number of fused-ring (bicyclic) bond motifs is 1. The van der Waals surface area contributed by atoms with Crippen molar-refractivity contribution in [3.63, 3.8) is 0 Å². The summed E-state index contributed by atoms with van der Waals surface area (Å²) >= 11 is 0. The number of piperidine rings is 2. The van der Waals surface area contributed by atoms with Gasteiger partial charge in [-0.15, -0.1) is 0 Å². The summed E-state index contributed by atoms with van der Waals surface area (Å²) in [6.45, 7) is 7.21. The van der Waals surface area contributed by atoms with Gasteiger partial charge >= 0.3 is 5.97 Å². The number of carbonyl (C=O) groups is 1. The standard InChI is InChI=1S/C23H30N2O3/c1-2-24-13-9-20(10-14-24)25-15-11-23(12-16-25,22(26)27)28-21-8-7-18-5-3-4-6-19(18)17-21/h3-8,17,20H,2,9-16H2,1H3,(H,26,27). The minimum Gasteiger partial charge on any atom is -0.478 e. The zero-order valence-electron chi connectivity index (χ0n) is 16.6. The van der Waals surface area contributed by atoms with Crippen LogP contribution in [0.5, 0.6) is 5.75 Å². The maximum Gasteiger partial charge on any atom is 0.348 e. The van der Waals surface area contributed by atoms with E-state index in [-0.39, 0.29) is 0 Å². The molecule has 2 aliphatic heterocycles. The van der Waals surface area contributed by atoms with Gasteiger partial charge < -0.3 is 14.7 Å². The number of likely N-dealkylation sites (tertiary alicyclic amines) is 2. The molecule has 5 nitrogen and oxygen atoms in total. The Morgan fingerprint density at radius 3 is 2.39 bits per heavy atom. The van der Waals surface area contributed by atoms with Gasteiger partial charge in [-0.1, -0.05) is 37.3 Å². The Hall–Kier alpha value is -2.11. The van der Waals surface area contributed by atoms with Crippen LogP contribution in [0.3, 0.4) is 0 Å². The van der Waals surface area contributed by atoms with E-state index in [4.69, 9.17) is 4.74 Å². The fourth-order valence-corrected chi connectivity index (χ4v) is 4.67. The highest BCUT2D eigenvalue weighted by atomic mass is 16.5. The van der Waals surface area contributed by atoms with Gasteiger partial charge in [0.1, 0.15) is 5.75 Å². The molecule has 4 rings (SSSR count). The molecule has 2 fully saturated rings. The second kappa shape index (κ2) is 8.10. The summed E-state index contributed by atoms with van der Waals surface area (Å²) < 4.78 is 6.15. The molecule has 0 spiro atoms. The smallest absolute Gasteiger partial charge is 0.348 e. The van der Waals surface area contributed by atoms with Gasteiger partial charge in [-0.2, -0.15) is 0 Å². The Morgan fingerprint density at radius 2 is 1.75 bits per heavy atom. The van der Waals surface area contributed by atoms with E-state index in [0.29, 0.717) is 24.6 Å². The second-order valence-corrected chi connectivity index (χ2v) is 8.11. The Labute approximate surface area is 166 Å². The second-order valence-electron chi connectivity index (χ2n) is 8.11. The molecule has 0 aromatic heterocycles. The highest BCUT2D eigenvalue weighted by Crippen LogP contribution is 2.33. The van der Waals surface area contributed by atoms with E-state index >= 15 is 0 Å². The molecule has 0 saturated carbocycles. The van der Waals surface area contributed by atoms with Gasteiger partial charge in [0, 0.05) is 32.0 Å². The van der Waals surface area contributed by atoms with Crippen molar-refractivity contribution in [2.24, 2.45) is 0 Å². The van der Waals surface area contributed by atoms with Crippen molar-refractivity contribution in [2.45, 2.75) is 44.2 Å². The summed E-state index contributed by atoms with van der Waals surface area (Å²) in [5.74, 6) is -0.202. The highest BCUT2D eigenvalue weighted by Gasteiger charge is 2.45. The molecule has 2 aromatic carbocycles. The van der Waals surface area contributed by atoms with E-state index in [1.807, 2.05) is 36.4 Å². The van der Waals surface area contributed by atoms with Crippen LogP contribution in [0.1, 0.15) is 32.6 Å². The van der Waals surface area contributed by atoms with Crippen LogP contribution in [0.15, 0.2) is 42.5 Å². The fourth-order valence-electron chi connectivity index (χ4n) is 4.67. The molecule has 0 bridgehead atoms. The van der Waals surface area contributed by atoms with Crippen molar-refractivity contribution in [2.75, 3.05) is 32.7 Å². The SMILES string of the molecule is CCN1CCC(N2CCC(Oc3ccc4ccccc4c3)(C(=O)O)CC2)CC1. The Kier molecular flexibility index (Phi) is 5.56. The average Bonchev–Trinajstić information content (AvgIpc) is 2.74. The average molecular weight is 383 g/mol. The molecule has 2 aliphatic rings. The van der Waals surface area contributed by atoms with Gasteiger partial charge in [0.2, 0.25) is 5.60 Å². The van der Waals surface area contributed by atoms with Crippen LogP contribution >= 0.6 is 0 Å². The van der Waals surface area contributed by atoms with Gasteiger partial charge in [-0.3, -0.25) is 4.90 Å². The quantitative estimate of drug-likeness (QED) is 0.856. The predicted molar refractivity (Wildman–Crippen MR) is 111 cm³/mol. The number of hydrogen-bond acceptors (Lipinski definition) is 4. The van der Waals surface area contributed by atoms with Crippen LogP contribution < -0.4 is 4.74 Å². The number of nitrogens with zero attached hydrogens (tertiary/aromatic N) is 2. The van der Waals surface area contributed by atoms with Crippen LogP contribution in [-0.4, -0.2) is 65.2 Å². The van der Waals surface area contributed by atoms with Crippen LogP contribution in [0.25, 0.3) is 10.8 Å². The van der Waals surface area contributed by atoms with Gasteiger partial charge in [0.05, 0.1) is 0 Å². The summed E-state index contributed by atoms with van der Waals surface area (Å²) in [6, 6.07) is 14.5. The lowest BCUT2D eigenvalue weighted by Gasteiger charge is -2.44. The molecule has 0 aliphatic carbocycles. The topological polar surface area (TPSA) is 53.0 Å². The molecule has 150 valence electrons. The Morgan fingerprint density at radius 1 is 1.07 bits per heavy atom. The van der Waals surface area contributed by atoms with Crippen molar-refractivity contribution in [3.05, 3.63) is 42.5 Å². The van der Waals surface area contributed by atoms with Gasteiger partial charge in [-0.25, -0.2) is 4.79 Å². The molecular formula is C23H30N2O3. The third kappa shape index (κ3) is 3.87. The zero-order chi connectivity index (χ0) is 19.6. The van der Waals surface area contributed by atoms with Crippen molar-refractivity contribution in [3.8, 4) is 5.75 Å². The van der Waals surface area contributed by atoms with Crippen molar-refractivity contribution >= 4 is 16.7 Å². The van der Waals surface area contributed by atoms with Crippen LogP contribution in [0.4, 0.5) is 0 Å². The largest absolute Gasteiger partial charge is 0.478 e. The van der Waals surface area contributed by atoms with E-state index in [1.165, 1.54) is 12.8 Å². The van der Waals surface area contributed by atoms with Crippen LogP contribution in [0.2, 0.25) is 0 Å². The molecule has 0 atom stereocenters. The highest BCUT2D eigenvalue weighted by molar-refractivity contribution is 5.84. The molecular weight excluding hydrogens is 352 g/mol. The summed E-state index contributed by atoms with van der Waals surface area (Å²) in [5.41, 5.74) is -1.12. The van der Waals surface area contributed by atoms with Crippen LogP contribution in [0, 0.1) is 0 Å². The van der Waals surface area contributed by atoms with Gasteiger partial charge in [0.25, 0.3) is 0 Å². The number of hydrogen-bond donors (Lipinski definition) is 1. The number of carboxylic acid groups (broad SMARTS) is 1. The molecule has 0 unspecified atom stereocenters. The first-order valence-corrected chi connectivity index (χ1v) is 10.5. The van der Waals surface area contributed by atoms with Gasteiger partial charge in [0.15, 0.2) is 0 Å². The lowest BCUT2D eigenvalue weighted by atomic mass is 9.89. The number of aliphatic carboxylic acids is 1. The van der Waals surface area contributed by atoms with E-state index in [2.05, 4.69) is 22.8 Å². The zero-order valence-corrected chi connectivity index (χ0v) is 16.6. The molecule has 0 amide bonds. The molecule has 0 radical (unpaired) electrons. The maximum atomic E-state index is 12.2. The molecule has 28 heavy (non-hydrogen) atoms. The Balaban J connectivity index is 1.43. The normalized spacial score (nSPS) is 21.6. The first-order valence-electron chi connectivity index (χ1n) is 10.5. The maximum absolute atomic E-state index is 12.2. The molecule has 2 aromatic rings. The van der Waals surface area contributed by atoms with Gasteiger partial charge in [-0.05, 0) is 55.4 Å². The van der Waals surface area contributed by atoms with E-state index in [1.54, 1.807) is 0 Å². The predicted octanol–water partition coefficient (Wildman–Crippen LogP) is 3.62. The summed E-state index contributed by atoms with van der Waals surface area (Å²) in [7, 11) is 0. The molecule has 1 N–H and O–H groups in total. The molecule has 2 heterocycles. The van der Waals surface area contributed by atoms with E-state index in [0.717, 1.165) is 43.5 Å². The number of benzene rings is 2. The van der Waals surface area contributed by atoms with Crippen LogP contribution in [-0.2, 0) is 4.79 Å².